The standard InChI is InChI=1S/C26H28F6N4O4/c27-25(28,29)15-40-22-5-4-18(11-33-22)24(39)8-6-20(7-9-24)36-13-19(14-36)35-21(37)12-34-23(38)16-2-1-3-17(10-16)26(30,31)32/h1-5,10-11,19-20,39H,6-9,12-15H2,(H,34,38)(H,35,37)/t20-,24-. The van der Waals surface area contributed by atoms with E-state index >= 15 is 0 Å². The van der Waals surface area contributed by atoms with Gasteiger partial charge < -0.3 is 20.5 Å². The molecule has 2 amide bonds. The first-order chi connectivity index (χ1) is 18.7. The summed E-state index contributed by atoms with van der Waals surface area (Å²) in [5, 5.41) is 16.2. The second-order valence-electron chi connectivity index (χ2n) is 10.0. The Morgan fingerprint density at radius 1 is 1.07 bits per heavy atom. The van der Waals surface area contributed by atoms with Crippen LogP contribution >= 0.6 is 0 Å². The number of halogens is 6. The average Bonchev–Trinajstić information content (AvgIpc) is 2.88. The zero-order valence-corrected chi connectivity index (χ0v) is 21.2. The van der Waals surface area contributed by atoms with Gasteiger partial charge in [0, 0.05) is 42.5 Å². The summed E-state index contributed by atoms with van der Waals surface area (Å²) >= 11 is 0. The minimum atomic E-state index is -4.58. The van der Waals surface area contributed by atoms with Crippen molar-refractivity contribution in [2.45, 2.75) is 55.7 Å². The van der Waals surface area contributed by atoms with E-state index in [-0.39, 0.29) is 30.1 Å². The molecule has 1 saturated heterocycles. The summed E-state index contributed by atoms with van der Waals surface area (Å²) in [7, 11) is 0. The lowest BCUT2D eigenvalue weighted by molar-refractivity contribution is -0.154. The van der Waals surface area contributed by atoms with Gasteiger partial charge in [-0.15, -0.1) is 0 Å². The molecule has 2 fully saturated rings. The molecule has 2 aliphatic rings. The van der Waals surface area contributed by atoms with Crippen LogP contribution in [0.3, 0.4) is 0 Å². The molecule has 218 valence electrons. The number of nitrogens with zero attached hydrogens (tertiary/aromatic N) is 2. The molecule has 0 radical (unpaired) electrons. The molecule has 1 aliphatic heterocycles. The maximum absolute atomic E-state index is 12.8. The van der Waals surface area contributed by atoms with Crippen LogP contribution in [0, 0.1) is 0 Å². The van der Waals surface area contributed by atoms with Crippen molar-refractivity contribution in [3.63, 3.8) is 0 Å². The number of likely N-dealkylation sites (tertiary alicyclic amines) is 1. The minimum Gasteiger partial charge on any atom is -0.468 e. The number of nitrogens with one attached hydrogen (secondary N) is 2. The highest BCUT2D eigenvalue weighted by Crippen LogP contribution is 2.39. The molecule has 0 bridgehead atoms. The number of rotatable bonds is 8. The predicted octanol–water partition coefficient (Wildman–Crippen LogP) is 3.40. The van der Waals surface area contributed by atoms with Gasteiger partial charge in [0.1, 0.15) is 0 Å². The third-order valence-electron chi connectivity index (χ3n) is 7.09. The van der Waals surface area contributed by atoms with Gasteiger partial charge in [0.2, 0.25) is 11.8 Å². The lowest BCUT2D eigenvalue weighted by atomic mass is 9.77. The number of ether oxygens (including phenoxy) is 1. The number of carbonyl (C=O) groups is 2. The molecule has 0 spiro atoms. The van der Waals surface area contributed by atoms with Gasteiger partial charge in [-0.05, 0) is 49.9 Å². The SMILES string of the molecule is O=C(CNC(=O)c1cccc(C(F)(F)F)c1)NC1CN([C@H]2CC[C@@](O)(c3ccc(OCC(F)(F)F)nc3)CC2)C1. The molecule has 2 heterocycles. The van der Waals surface area contributed by atoms with Crippen molar-refractivity contribution < 1.29 is 45.8 Å². The van der Waals surface area contributed by atoms with Crippen molar-refractivity contribution in [2.24, 2.45) is 0 Å². The average molecular weight is 575 g/mol. The smallest absolute Gasteiger partial charge is 0.422 e. The second-order valence-corrected chi connectivity index (χ2v) is 10.0. The van der Waals surface area contributed by atoms with Crippen LogP contribution in [0.25, 0.3) is 0 Å². The number of pyridine rings is 1. The minimum absolute atomic E-state index is 0.146. The fraction of sp³-hybridized carbons (Fsp3) is 0.500. The van der Waals surface area contributed by atoms with E-state index in [0.29, 0.717) is 44.3 Å². The quantitative estimate of drug-likeness (QED) is 0.418. The van der Waals surface area contributed by atoms with Crippen LogP contribution in [0.15, 0.2) is 42.6 Å². The Morgan fingerprint density at radius 3 is 2.38 bits per heavy atom. The van der Waals surface area contributed by atoms with Gasteiger partial charge >= 0.3 is 12.4 Å². The van der Waals surface area contributed by atoms with Gasteiger partial charge in [0.15, 0.2) is 6.61 Å². The van der Waals surface area contributed by atoms with E-state index < -0.39 is 41.9 Å². The normalized spacial score (nSPS) is 22.3. The third kappa shape index (κ3) is 7.62. The van der Waals surface area contributed by atoms with Crippen molar-refractivity contribution in [1.82, 2.24) is 20.5 Å². The van der Waals surface area contributed by atoms with E-state index in [1.807, 2.05) is 0 Å². The highest BCUT2D eigenvalue weighted by atomic mass is 19.4. The largest absolute Gasteiger partial charge is 0.468 e. The molecular weight excluding hydrogens is 546 g/mol. The molecule has 14 heteroatoms. The number of hydrogen-bond donors (Lipinski definition) is 3. The van der Waals surface area contributed by atoms with Crippen molar-refractivity contribution in [2.75, 3.05) is 26.2 Å². The number of alkyl halides is 6. The molecular formula is C26H28F6N4O4. The van der Waals surface area contributed by atoms with Gasteiger partial charge in [-0.1, -0.05) is 6.07 Å². The fourth-order valence-electron chi connectivity index (χ4n) is 4.91. The second kappa shape index (κ2) is 11.6. The van der Waals surface area contributed by atoms with Crippen LogP contribution in [-0.4, -0.2) is 71.3 Å². The molecule has 1 aromatic carbocycles. The molecule has 1 aromatic heterocycles. The monoisotopic (exact) mass is 574 g/mol. The summed E-state index contributed by atoms with van der Waals surface area (Å²) < 4.78 is 80.0. The van der Waals surface area contributed by atoms with E-state index in [9.17, 15) is 41.0 Å². The first kappa shape index (κ1) is 29.6. The van der Waals surface area contributed by atoms with E-state index in [1.54, 1.807) is 0 Å². The van der Waals surface area contributed by atoms with Crippen LogP contribution in [0.2, 0.25) is 0 Å². The van der Waals surface area contributed by atoms with E-state index in [0.717, 1.165) is 18.2 Å². The van der Waals surface area contributed by atoms with Crippen LogP contribution in [-0.2, 0) is 16.6 Å². The van der Waals surface area contributed by atoms with Gasteiger partial charge in [-0.25, -0.2) is 4.98 Å². The molecule has 1 saturated carbocycles. The van der Waals surface area contributed by atoms with Gasteiger partial charge in [0.25, 0.3) is 5.91 Å². The van der Waals surface area contributed by atoms with Gasteiger partial charge in [0.05, 0.1) is 23.8 Å². The first-order valence-electron chi connectivity index (χ1n) is 12.6. The molecule has 40 heavy (non-hydrogen) atoms. The molecule has 3 N–H and O–H groups in total. The summed E-state index contributed by atoms with van der Waals surface area (Å²) in [4.78, 5) is 30.4. The lowest BCUT2D eigenvalue weighted by Crippen LogP contribution is -2.63. The molecule has 4 rings (SSSR count). The van der Waals surface area contributed by atoms with Crippen molar-refractivity contribution >= 4 is 11.8 Å². The van der Waals surface area contributed by atoms with Crippen molar-refractivity contribution in [3.05, 3.63) is 59.3 Å². The molecule has 0 atom stereocenters. The Labute approximate surface area is 225 Å². The third-order valence-corrected chi connectivity index (χ3v) is 7.09. The Morgan fingerprint density at radius 2 is 1.77 bits per heavy atom. The van der Waals surface area contributed by atoms with Crippen LogP contribution in [0.4, 0.5) is 26.3 Å². The Balaban J connectivity index is 1.17. The highest BCUT2D eigenvalue weighted by Gasteiger charge is 2.40. The molecule has 8 nitrogen and oxygen atoms in total. The number of aliphatic hydroxyl groups is 1. The highest BCUT2D eigenvalue weighted by molar-refractivity contribution is 5.96. The topological polar surface area (TPSA) is 104 Å². The van der Waals surface area contributed by atoms with E-state index in [1.165, 1.54) is 24.4 Å². The maximum Gasteiger partial charge on any atom is 0.422 e. The number of benzene rings is 1. The number of carbonyl (C=O) groups excluding carboxylic acids is 2. The van der Waals surface area contributed by atoms with Crippen molar-refractivity contribution in [1.29, 1.82) is 0 Å². The van der Waals surface area contributed by atoms with Crippen LogP contribution in [0.5, 0.6) is 5.88 Å². The fourth-order valence-corrected chi connectivity index (χ4v) is 4.91. The molecule has 1 aliphatic carbocycles. The summed E-state index contributed by atoms with van der Waals surface area (Å²) in [5.74, 6) is -1.43. The Hall–Kier alpha value is -3.39. The summed E-state index contributed by atoms with van der Waals surface area (Å²) in [6.45, 7) is -0.681. The molecule has 2 aromatic rings. The zero-order chi connectivity index (χ0) is 29.1. The summed E-state index contributed by atoms with van der Waals surface area (Å²) in [6.07, 6.45) is -5.54. The van der Waals surface area contributed by atoms with Gasteiger partial charge in [-0.2, -0.15) is 26.3 Å². The van der Waals surface area contributed by atoms with Gasteiger partial charge in [-0.3, -0.25) is 14.5 Å². The predicted molar refractivity (Wildman–Crippen MR) is 129 cm³/mol. The Kier molecular flexibility index (Phi) is 8.59. The number of amides is 2. The summed E-state index contributed by atoms with van der Waals surface area (Å²) in [5.41, 5.74) is -1.80. The zero-order valence-electron chi connectivity index (χ0n) is 21.2. The Bertz CT molecular complexity index is 1190. The van der Waals surface area contributed by atoms with E-state index in [4.69, 9.17) is 0 Å². The number of hydrogen-bond acceptors (Lipinski definition) is 6. The number of aromatic nitrogens is 1. The summed E-state index contributed by atoms with van der Waals surface area (Å²) in [6, 6.07) is 6.78. The van der Waals surface area contributed by atoms with Crippen LogP contribution < -0.4 is 15.4 Å². The maximum atomic E-state index is 12.8. The molecule has 0 unspecified atom stereocenters. The lowest BCUT2D eigenvalue weighted by Gasteiger charge is -2.48. The van der Waals surface area contributed by atoms with Crippen LogP contribution in [0.1, 0.15) is 47.2 Å². The first-order valence-corrected chi connectivity index (χ1v) is 12.6. The van der Waals surface area contributed by atoms with E-state index in [2.05, 4.69) is 25.3 Å². The van der Waals surface area contributed by atoms with Crippen molar-refractivity contribution in [3.8, 4) is 5.88 Å².